The fourth-order valence-corrected chi connectivity index (χ4v) is 3.51. The van der Waals surface area contributed by atoms with Crippen LogP contribution in [0.25, 0.3) is 0 Å². The van der Waals surface area contributed by atoms with Crippen molar-refractivity contribution in [1.29, 1.82) is 5.26 Å². The minimum atomic E-state index is -4.86. The van der Waals surface area contributed by atoms with E-state index in [0.717, 1.165) is 6.07 Å². The highest BCUT2D eigenvalue weighted by atomic mass is 19.4. The Balaban J connectivity index is 1.99. The van der Waals surface area contributed by atoms with E-state index in [4.69, 9.17) is 5.26 Å². The number of nitriles is 1. The molecular weight excluding hydrogens is 350 g/mol. The van der Waals surface area contributed by atoms with Crippen LogP contribution in [-0.2, 0) is 6.18 Å². The van der Waals surface area contributed by atoms with Crippen molar-refractivity contribution in [1.82, 2.24) is 0 Å². The largest absolute Gasteiger partial charge is 0.417 e. The van der Waals surface area contributed by atoms with E-state index in [-0.39, 0.29) is 30.5 Å². The zero-order valence-corrected chi connectivity index (χ0v) is 12.8. The molecule has 1 aliphatic carbocycles. The predicted molar refractivity (Wildman–Crippen MR) is 75.6 cm³/mol. The third-order valence-electron chi connectivity index (χ3n) is 4.91. The van der Waals surface area contributed by atoms with E-state index < -0.39 is 35.6 Å². The minimum Gasteiger partial charge on any atom is -0.382 e. The summed E-state index contributed by atoms with van der Waals surface area (Å²) in [6.07, 6.45) is -11.5. The van der Waals surface area contributed by atoms with Gasteiger partial charge in [-0.3, -0.25) is 0 Å². The van der Waals surface area contributed by atoms with Crippen molar-refractivity contribution in [2.45, 2.75) is 37.3 Å². The number of aliphatic hydroxyl groups is 1. The Morgan fingerprint density at radius 1 is 1.12 bits per heavy atom. The quantitative estimate of drug-likeness (QED) is 0.814. The van der Waals surface area contributed by atoms with Crippen LogP contribution in [0.2, 0.25) is 0 Å². The van der Waals surface area contributed by atoms with E-state index in [9.17, 15) is 31.4 Å². The molecule has 1 aliphatic heterocycles. The molecule has 0 bridgehead atoms. The van der Waals surface area contributed by atoms with Crippen molar-refractivity contribution in [2.75, 3.05) is 11.4 Å². The van der Waals surface area contributed by atoms with Gasteiger partial charge in [0, 0.05) is 12.2 Å². The van der Waals surface area contributed by atoms with E-state index in [1.165, 1.54) is 17.0 Å². The van der Waals surface area contributed by atoms with Crippen LogP contribution in [0.5, 0.6) is 0 Å². The fraction of sp³-hybridized carbons (Fsp3) is 0.562. The Kier molecular flexibility index (Phi) is 4.14. The lowest BCUT2D eigenvalue weighted by molar-refractivity contribution is -0.211. The molecule has 1 N–H and O–H groups in total. The summed E-state index contributed by atoms with van der Waals surface area (Å²) in [5.74, 6) is 0.195. The highest BCUT2D eigenvalue weighted by Gasteiger charge is 2.53. The molecule has 136 valence electrons. The maximum absolute atomic E-state index is 13.1. The van der Waals surface area contributed by atoms with Gasteiger partial charge in [-0.25, -0.2) is 0 Å². The van der Waals surface area contributed by atoms with Crippen LogP contribution in [0, 0.1) is 23.2 Å². The maximum atomic E-state index is 13.1. The second-order valence-corrected chi connectivity index (χ2v) is 6.54. The summed E-state index contributed by atoms with van der Waals surface area (Å²) in [6.45, 7) is 0.158. The van der Waals surface area contributed by atoms with Gasteiger partial charge >= 0.3 is 12.4 Å². The predicted octanol–water partition coefficient (Wildman–Crippen LogP) is 3.72. The third-order valence-corrected chi connectivity index (χ3v) is 4.91. The smallest absolute Gasteiger partial charge is 0.382 e. The maximum Gasteiger partial charge on any atom is 0.417 e. The number of hydrogen-bond acceptors (Lipinski definition) is 3. The molecule has 9 heteroatoms. The van der Waals surface area contributed by atoms with Gasteiger partial charge in [-0.2, -0.15) is 31.6 Å². The molecule has 0 aromatic heterocycles. The van der Waals surface area contributed by atoms with Crippen LogP contribution in [-0.4, -0.2) is 30.0 Å². The molecule has 25 heavy (non-hydrogen) atoms. The summed E-state index contributed by atoms with van der Waals surface area (Å²) >= 11 is 0. The van der Waals surface area contributed by atoms with E-state index in [1.807, 2.05) is 0 Å². The van der Waals surface area contributed by atoms with E-state index >= 15 is 0 Å². The normalized spacial score (nSPS) is 27.4. The van der Waals surface area contributed by atoms with Gasteiger partial charge in [0.05, 0.1) is 23.2 Å². The van der Waals surface area contributed by atoms with Crippen molar-refractivity contribution < 1.29 is 31.4 Å². The van der Waals surface area contributed by atoms with E-state index in [1.54, 1.807) is 0 Å². The number of fused-ring (bicyclic) bond motifs is 1. The standard InChI is InChI=1S/C16H14F6N2O/c17-15(18,19)12-5-11(2-1-8(12)6-23)24-7-10-3-9(10)4-13(24)14(25)16(20,21)22/h1-2,5,9-10,13-14,25H,3-4,7H2/t9-,10?,13-,14-/m1/s1. The van der Waals surface area contributed by atoms with Crippen molar-refractivity contribution in [3.8, 4) is 6.07 Å². The lowest BCUT2D eigenvalue weighted by Gasteiger charge is -2.40. The first kappa shape index (κ1) is 17.9. The van der Waals surface area contributed by atoms with Gasteiger partial charge in [-0.1, -0.05) is 0 Å². The summed E-state index contributed by atoms with van der Waals surface area (Å²) in [6, 6.07) is 2.95. The molecule has 2 fully saturated rings. The second-order valence-electron chi connectivity index (χ2n) is 6.54. The Bertz CT molecular complexity index is 708. The number of benzene rings is 1. The number of alkyl halides is 6. The Labute approximate surface area is 139 Å². The molecule has 1 heterocycles. The first-order valence-electron chi connectivity index (χ1n) is 7.65. The number of halogens is 6. The molecular formula is C16H14F6N2O. The highest BCUT2D eigenvalue weighted by molar-refractivity contribution is 5.56. The number of nitrogens with zero attached hydrogens (tertiary/aromatic N) is 2. The molecule has 4 atom stereocenters. The molecule has 1 aromatic carbocycles. The SMILES string of the molecule is N#Cc1ccc(N2CC3C[C@@H]3C[C@@H]2[C@@H](O)C(F)(F)F)cc1C(F)(F)F. The van der Waals surface area contributed by atoms with Crippen molar-refractivity contribution in [3.63, 3.8) is 0 Å². The average Bonchev–Trinajstić information content (AvgIpc) is 3.29. The summed E-state index contributed by atoms with van der Waals surface area (Å²) in [4.78, 5) is 1.20. The fourth-order valence-electron chi connectivity index (χ4n) is 3.51. The number of hydrogen-bond donors (Lipinski definition) is 1. The molecule has 0 radical (unpaired) electrons. The summed E-state index contributed by atoms with van der Waals surface area (Å²) in [5, 5.41) is 18.5. The van der Waals surface area contributed by atoms with Gasteiger partial charge in [-0.15, -0.1) is 0 Å². The van der Waals surface area contributed by atoms with E-state index in [0.29, 0.717) is 12.5 Å². The molecule has 3 nitrogen and oxygen atoms in total. The molecule has 1 aromatic rings. The topological polar surface area (TPSA) is 47.3 Å². The zero-order valence-electron chi connectivity index (χ0n) is 12.8. The molecule has 1 saturated heterocycles. The van der Waals surface area contributed by atoms with Crippen molar-refractivity contribution in [3.05, 3.63) is 29.3 Å². The Morgan fingerprint density at radius 2 is 1.80 bits per heavy atom. The average molecular weight is 364 g/mol. The number of anilines is 1. The number of piperidine rings is 1. The van der Waals surface area contributed by atoms with Gasteiger partial charge in [0.1, 0.15) is 0 Å². The zero-order chi connectivity index (χ0) is 18.6. The molecule has 1 unspecified atom stereocenters. The van der Waals surface area contributed by atoms with Gasteiger partial charge in [-0.05, 0) is 42.9 Å². The first-order valence-corrected chi connectivity index (χ1v) is 7.65. The summed E-state index contributed by atoms with van der Waals surface area (Å²) in [7, 11) is 0. The van der Waals surface area contributed by atoms with Crippen LogP contribution < -0.4 is 4.90 Å². The van der Waals surface area contributed by atoms with E-state index in [2.05, 4.69) is 0 Å². The molecule has 3 rings (SSSR count). The van der Waals surface area contributed by atoms with Gasteiger partial charge in [0.25, 0.3) is 0 Å². The van der Waals surface area contributed by atoms with Gasteiger partial charge in [0.2, 0.25) is 0 Å². The Morgan fingerprint density at radius 3 is 2.36 bits per heavy atom. The molecule has 0 amide bonds. The second kappa shape index (κ2) is 5.80. The highest BCUT2D eigenvalue weighted by Crippen LogP contribution is 2.50. The number of rotatable bonds is 2. The van der Waals surface area contributed by atoms with Gasteiger partial charge < -0.3 is 10.0 Å². The van der Waals surface area contributed by atoms with Crippen LogP contribution in [0.15, 0.2) is 18.2 Å². The van der Waals surface area contributed by atoms with Crippen LogP contribution >= 0.6 is 0 Å². The molecule has 1 saturated carbocycles. The lowest BCUT2D eigenvalue weighted by Crippen LogP contribution is -2.53. The van der Waals surface area contributed by atoms with Crippen LogP contribution in [0.3, 0.4) is 0 Å². The van der Waals surface area contributed by atoms with Gasteiger partial charge in [0.15, 0.2) is 6.10 Å². The van der Waals surface area contributed by atoms with Crippen molar-refractivity contribution in [2.24, 2.45) is 11.8 Å². The lowest BCUT2D eigenvalue weighted by atomic mass is 9.95. The summed E-state index contributed by atoms with van der Waals surface area (Å²) in [5.41, 5.74) is -1.85. The number of aliphatic hydroxyl groups excluding tert-OH is 1. The first-order chi connectivity index (χ1) is 11.5. The molecule has 2 aliphatic rings. The Hall–Kier alpha value is -1.95. The summed E-state index contributed by atoms with van der Waals surface area (Å²) < 4.78 is 78.2. The minimum absolute atomic E-state index is 0.0648. The third kappa shape index (κ3) is 3.40. The van der Waals surface area contributed by atoms with Crippen molar-refractivity contribution >= 4 is 5.69 Å². The molecule has 0 spiro atoms. The van der Waals surface area contributed by atoms with Crippen LogP contribution in [0.4, 0.5) is 32.0 Å². The van der Waals surface area contributed by atoms with Crippen LogP contribution in [0.1, 0.15) is 24.0 Å². The monoisotopic (exact) mass is 364 g/mol.